The third-order valence-electron chi connectivity index (χ3n) is 5.22. The summed E-state index contributed by atoms with van der Waals surface area (Å²) in [5.41, 5.74) is 3.12. The smallest absolute Gasteiger partial charge is 0.241 e. The molecule has 0 spiro atoms. The quantitative estimate of drug-likeness (QED) is 0.740. The van der Waals surface area contributed by atoms with Crippen LogP contribution in [0.5, 0.6) is 5.75 Å². The summed E-state index contributed by atoms with van der Waals surface area (Å²) in [5, 5.41) is 3.02. The zero-order chi connectivity index (χ0) is 20.6. The first kappa shape index (κ1) is 21.1. The van der Waals surface area contributed by atoms with Crippen molar-refractivity contribution < 1.29 is 14.3 Å². The minimum Gasteiger partial charge on any atom is -0.494 e. The Morgan fingerprint density at radius 2 is 1.79 bits per heavy atom. The van der Waals surface area contributed by atoms with Crippen molar-refractivity contribution in [3.8, 4) is 5.75 Å². The Morgan fingerprint density at radius 3 is 2.41 bits per heavy atom. The molecule has 1 unspecified atom stereocenters. The molecular weight excluding hydrogens is 366 g/mol. The predicted molar refractivity (Wildman–Crippen MR) is 117 cm³/mol. The second-order valence-electron chi connectivity index (χ2n) is 7.30. The number of rotatable bonds is 8. The lowest BCUT2D eigenvalue weighted by Gasteiger charge is -2.29. The fourth-order valence-corrected chi connectivity index (χ4v) is 3.31. The Morgan fingerprint density at radius 1 is 1.14 bits per heavy atom. The average Bonchev–Trinajstić information content (AvgIpc) is 2.76. The van der Waals surface area contributed by atoms with Gasteiger partial charge in [-0.15, -0.1) is 0 Å². The number of benzene rings is 2. The average molecular weight is 398 g/mol. The topological polar surface area (TPSA) is 54.0 Å². The maximum atomic E-state index is 12.7. The van der Waals surface area contributed by atoms with E-state index in [1.54, 1.807) is 0 Å². The summed E-state index contributed by atoms with van der Waals surface area (Å²) in [6.07, 6.45) is 0. The summed E-state index contributed by atoms with van der Waals surface area (Å²) < 4.78 is 10.9. The first-order valence-corrected chi connectivity index (χ1v) is 10.2. The molecule has 0 radical (unpaired) electrons. The van der Waals surface area contributed by atoms with Crippen LogP contribution >= 0.6 is 0 Å². The number of likely N-dealkylation sites (N-methyl/N-ethyl adjacent to an activating group) is 1. The van der Waals surface area contributed by atoms with Crippen molar-refractivity contribution in [2.24, 2.45) is 0 Å². The Labute approximate surface area is 173 Å². The van der Waals surface area contributed by atoms with Crippen molar-refractivity contribution in [1.29, 1.82) is 0 Å². The van der Waals surface area contributed by atoms with Crippen LogP contribution in [0.2, 0.25) is 0 Å². The maximum Gasteiger partial charge on any atom is 0.241 e. The van der Waals surface area contributed by atoms with Gasteiger partial charge in [0.1, 0.15) is 5.75 Å². The van der Waals surface area contributed by atoms with E-state index >= 15 is 0 Å². The molecule has 0 saturated carbocycles. The lowest BCUT2D eigenvalue weighted by Crippen LogP contribution is -2.39. The molecule has 1 heterocycles. The largest absolute Gasteiger partial charge is 0.494 e. The Hall–Kier alpha value is -2.57. The van der Waals surface area contributed by atoms with E-state index in [2.05, 4.69) is 22.3 Å². The third kappa shape index (κ3) is 5.95. The highest BCUT2D eigenvalue weighted by Crippen LogP contribution is 2.20. The second-order valence-corrected chi connectivity index (χ2v) is 7.30. The van der Waals surface area contributed by atoms with Crippen LogP contribution in [-0.2, 0) is 16.1 Å². The lowest BCUT2D eigenvalue weighted by atomic mass is 10.1. The number of nitrogens with one attached hydrogen (secondary N) is 1. The molecule has 1 atom stereocenters. The summed E-state index contributed by atoms with van der Waals surface area (Å²) in [6.45, 7) is 8.57. The molecule has 1 amide bonds. The van der Waals surface area contributed by atoms with E-state index in [0.29, 0.717) is 13.2 Å². The first-order chi connectivity index (χ1) is 14.1. The van der Waals surface area contributed by atoms with Crippen LogP contribution < -0.4 is 15.0 Å². The number of hydrogen-bond donors (Lipinski definition) is 1. The van der Waals surface area contributed by atoms with E-state index in [-0.39, 0.29) is 11.9 Å². The fourth-order valence-electron chi connectivity index (χ4n) is 3.31. The van der Waals surface area contributed by atoms with Crippen molar-refractivity contribution in [3.05, 3.63) is 54.1 Å². The molecule has 6 heteroatoms. The van der Waals surface area contributed by atoms with Gasteiger partial charge in [0.05, 0.1) is 25.9 Å². The van der Waals surface area contributed by atoms with Crippen LogP contribution in [0.15, 0.2) is 48.5 Å². The Bertz CT molecular complexity index is 771. The first-order valence-electron chi connectivity index (χ1n) is 10.2. The number of nitrogens with zero attached hydrogens (tertiary/aromatic N) is 2. The summed E-state index contributed by atoms with van der Waals surface area (Å²) in [4.78, 5) is 17.0. The van der Waals surface area contributed by atoms with Crippen LogP contribution in [0, 0.1) is 0 Å². The van der Waals surface area contributed by atoms with Crippen molar-refractivity contribution in [3.63, 3.8) is 0 Å². The molecule has 156 valence electrons. The van der Waals surface area contributed by atoms with E-state index in [4.69, 9.17) is 9.47 Å². The number of amides is 1. The van der Waals surface area contributed by atoms with Crippen molar-refractivity contribution >= 4 is 17.3 Å². The molecule has 3 rings (SSSR count). The van der Waals surface area contributed by atoms with Crippen LogP contribution in [0.3, 0.4) is 0 Å². The number of carbonyl (C=O) groups excluding carboxylic acids is 1. The van der Waals surface area contributed by atoms with Crippen LogP contribution in [0.1, 0.15) is 19.4 Å². The summed E-state index contributed by atoms with van der Waals surface area (Å²) in [7, 11) is 1.96. The normalized spacial score (nSPS) is 15.2. The van der Waals surface area contributed by atoms with Gasteiger partial charge in [0.2, 0.25) is 5.91 Å². The Kier molecular flexibility index (Phi) is 7.49. The molecule has 1 saturated heterocycles. The Balaban J connectivity index is 1.52. The molecule has 0 aliphatic carbocycles. The van der Waals surface area contributed by atoms with E-state index in [1.807, 2.05) is 62.2 Å². The van der Waals surface area contributed by atoms with Gasteiger partial charge in [0, 0.05) is 31.0 Å². The number of anilines is 2. The van der Waals surface area contributed by atoms with E-state index in [0.717, 1.165) is 49.0 Å². The molecule has 1 N–H and O–H groups in total. The molecular formula is C23H31N3O3. The standard InChI is InChI=1S/C23H31N3O3/c1-4-29-22-11-5-19(6-12-22)17-25(3)18(2)23(27)24-20-7-9-21(10-8-20)26-13-15-28-16-14-26/h5-12,18H,4,13-17H2,1-3H3,(H,24,27). The number of hydrogen-bond acceptors (Lipinski definition) is 5. The van der Waals surface area contributed by atoms with Gasteiger partial charge in [-0.3, -0.25) is 9.69 Å². The van der Waals surface area contributed by atoms with Crippen LogP contribution in [0.25, 0.3) is 0 Å². The van der Waals surface area contributed by atoms with Gasteiger partial charge in [0.25, 0.3) is 0 Å². The molecule has 0 aromatic heterocycles. The minimum absolute atomic E-state index is 0.0161. The molecule has 6 nitrogen and oxygen atoms in total. The molecule has 1 fully saturated rings. The van der Waals surface area contributed by atoms with Crippen LogP contribution in [-0.4, -0.2) is 56.8 Å². The fraction of sp³-hybridized carbons (Fsp3) is 0.435. The molecule has 1 aliphatic heterocycles. The monoisotopic (exact) mass is 397 g/mol. The maximum absolute atomic E-state index is 12.7. The van der Waals surface area contributed by atoms with Gasteiger partial charge in [-0.2, -0.15) is 0 Å². The van der Waals surface area contributed by atoms with Gasteiger partial charge >= 0.3 is 0 Å². The van der Waals surface area contributed by atoms with Crippen molar-refractivity contribution in [1.82, 2.24) is 4.90 Å². The molecule has 1 aliphatic rings. The summed E-state index contributed by atoms with van der Waals surface area (Å²) >= 11 is 0. The highest BCUT2D eigenvalue weighted by atomic mass is 16.5. The lowest BCUT2D eigenvalue weighted by molar-refractivity contribution is -0.120. The highest BCUT2D eigenvalue weighted by molar-refractivity contribution is 5.94. The van der Waals surface area contributed by atoms with Crippen molar-refractivity contribution in [2.75, 3.05) is 50.2 Å². The molecule has 2 aromatic carbocycles. The number of morpholine rings is 1. The molecule has 29 heavy (non-hydrogen) atoms. The van der Waals surface area contributed by atoms with Crippen LogP contribution in [0.4, 0.5) is 11.4 Å². The number of carbonyl (C=O) groups is 1. The van der Waals surface area contributed by atoms with Gasteiger partial charge < -0.3 is 19.7 Å². The zero-order valence-corrected chi connectivity index (χ0v) is 17.6. The summed E-state index contributed by atoms with van der Waals surface area (Å²) in [5.74, 6) is 0.850. The van der Waals surface area contributed by atoms with Crippen molar-refractivity contribution in [2.45, 2.75) is 26.4 Å². The second kappa shape index (κ2) is 10.3. The van der Waals surface area contributed by atoms with Gasteiger partial charge in [-0.25, -0.2) is 0 Å². The highest BCUT2D eigenvalue weighted by Gasteiger charge is 2.19. The number of ether oxygens (including phenoxy) is 2. The van der Waals surface area contributed by atoms with Gasteiger partial charge in [-0.05, 0) is 62.9 Å². The molecule has 2 aromatic rings. The predicted octanol–water partition coefficient (Wildman–Crippen LogP) is 3.38. The SMILES string of the molecule is CCOc1ccc(CN(C)C(C)C(=O)Nc2ccc(N3CCOCC3)cc2)cc1. The van der Waals surface area contributed by atoms with E-state index in [1.165, 1.54) is 0 Å². The van der Waals surface area contributed by atoms with E-state index < -0.39 is 0 Å². The minimum atomic E-state index is -0.250. The van der Waals surface area contributed by atoms with Gasteiger partial charge in [-0.1, -0.05) is 12.1 Å². The summed E-state index contributed by atoms with van der Waals surface area (Å²) in [6, 6.07) is 15.8. The van der Waals surface area contributed by atoms with Gasteiger partial charge in [0.15, 0.2) is 0 Å². The third-order valence-corrected chi connectivity index (χ3v) is 5.22. The zero-order valence-electron chi connectivity index (χ0n) is 17.6. The molecule has 0 bridgehead atoms. The van der Waals surface area contributed by atoms with E-state index in [9.17, 15) is 4.79 Å².